The van der Waals surface area contributed by atoms with E-state index in [9.17, 15) is 9.59 Å². The first-order valence-electron chi connectivity index (χ1n) is 5.39. The molecule has 0 saturated carbocycles. The number of nitrogens with one attached hydrogen (secondary N) is 1. The third-order valence-electron chi connectivity index (χ3n) is 2.51. The molecule has 0 radical (unpaired) electrons. The molecule has 0 aliphatic rings. The van der Waals surface area contributed by atoms with Crippen molar-refractivity contribution in [2.45, 2.75) is 0 Å². The normalized spacial score (nSPS) is 11.6. The smallest absolute Gasteiger partial charge is 0.251 e. The molecule has 0 aliphatic carbocycles. The van der Waals surface area contributed by atoms with E-state index in [2.05, 4.69) is 10.3 Å². The number of ketones is 1. The predicted octanol–water partition coefficient (Wildman–Crippen LogP) is 1.44. The van der Waals surface area contributed by atoms with Crippen molar-refractivity contribution >= 4 is 28.2 Å². The molecular formula is C12H10N4O2S. The molecule has 2 aromatic rings. The second-order valence-electron chi connectivity index (χ2n) is 3.76. The summed E-state index contributed by atoms with van der Waals surface area (Å²) in [6.45, 7) is 0. The van der Waals surface area contributed by atoms with Crippen LogP contribution in [0.3, 0.4) is 0 Å². The molecule has 0 spiro atoms. The van der Waals surface area contributed by atoms with Gasteiger partial charge in [0.1, 0.15) is 0 Å². The Bertz CT molecular complexity index is 639. The summed E-state index contributed by atoms with van der Waals surface area (Å²) in [7, 11) is 1.68. The molecule has 0 aromatic carbocycles. The lowest BCUT2D eigenvalue weighted by molar-refractivity contribution is -0.117. The van der Waals surface area contributed by atoms with Gasteiger partial charge in [0.05, 0.1) is 11.8 Å². The maximum atomic E-state index is 12.1. The highest BCUT2D eigenvalue weighted by Crippen LogP contribution is 2.14. The number of thiazole rings is 1. The van der Waals surface area contributed by atoms with Crippen LogP contribution in [0, 0.1) is 17.2 Å². The molecule has 96 valence electrons. The first-order valence-corrected chi connectivity index (χ1v) is 6.27. The number of rotatable bonds is 4. The van der Waals surface area contributed by atoms with Crippen LogP contribution >= 0.6 is 11.3 Å². The minimum atomic E-state index is -1.38. The minimum Gasteiger partial charge on any atom is -0.348 e. The molecule has 0 aliphatic heterocycles. The van der Waals surface area contributed by atoms with Crippen molar-refractivity contribution in [3.63, 3.8) is 0 Å². The van der Waals surface area contributed by atoms with Crippen molar-refractivity contribution in [2.75, 3.05) is 5.32 Å². The van der Waals surface area contributed by atoms with Gasteiger partial charge in [0, 0.05) is 24.8 Å². The summed E-state index contributed by atoms with van der Waals surface area (Å²) < 4.78 is 1.57. The molecule has 1 unspecified atom stereocenters. The molecule has 0 bridgehead atoms. The number of amides is 1. The zero-order valence-electron chi connectivity index (χ0n) is 10.0. The van der Waals surface area contributed by atoms with Gasteiger partial charge in [-0.25, -0.2) is 4.98 Å². The summed E-state index contributed by atoms with van der Waals surface area (Å²) in [5.41, 5.74) is 0.320. The van der Waals surface area contributed by atoms with E-state index >= 15 is 0 Å². The first kappa shape index (κ1) is 13.0. The lowest BCUT2D eigenvalue weighted by Crippen LogP contribution is -2.29. The fourth-order valence-electron chi connectivity index (χ4n) is 1.56. The molecular weight excluding hydrogens is 264 g/mol. The van der Waals surface area contributed by atoms with Gasteiger partial charge >= 0.3 is 0 Å². The number of aryl methyl sites for hydroxylation is 1. The second kappa shape index (κ2) is 5.46. The number of carbonyl (C=O) groups excluding carboxylic acids is 2. The van der Waals surface area contributed by atoms with Gasteiger partial charge in [-0.1, -0.05) is 0 Å². The quantitative estimate of drug-likeness (QED) is 0.675. The molecule has 1 amide bonds. The average Bonchev–Trinajstić information content (AvgIpc) is 3.01. The fourth-order valence-corrected chi connectivity index (χ4v) is 2.10. The number of hydrogen-bond donors (Lipinski definition) is 1. The Morgan fingerprint density at radius 1 is 1.58 bits per heavy atom. The first-order chi connectivity index (χ1) is 9.13. The van der Waals surface area contributed by atoms with Crippen LogP contribution in [0.15, 0.2) is 29.9 Å². The summed E-state index contributed by atoms with van der Waals surface area (Å²) in [6, 6.07) is 4.99. The Kier molecular flexibility index (Phi) is 3.73. The maximum absolute atomic E-state index is 12.1. The van der Waals surface area contributed by atoms with Gasteiger partial charge in [-0.15, -0.1) is 11.3 Å². The van der Waals surface area contributed by atoms with Crippen LogP contribution in [0.4, 0.5) is 5.13 Å². The SMILES string of the molecule is Cn1cccc1C(=O)C(C#N)C(=O)Nc1nccs1. The van der Waals surface area contributed by atoms with Crippen LogP contribution in [-0.4, -0.2) is 21.2 Å². The van der Waals surface area contributed by atoms with E-state index in [0.717, 1.165) is 0 Å². The summed E-state index contributed by atoms with van der Waals surface area (Å²) >= 11 is 1.22. The number of hydrogen-bond acceptors (Lipinski definition) is 5. The van der Waals surface area contributed by atoms with Crippen molar-refractivity contribution < 1.29 is 9.59 Å². The number of Topliss-reactive ketones (excluding diaryl/α,β-unsaturated/α-hetero) is 1. The summed E-state index contributed by atoms with van der Waals surface area (Å²) in [5, 5.41) is 13.5. The van der Waals surface area contributed by atoms with Gasteiger partial charge in [-0.2, -0.15) is 5.26 Å². The lowest BCUT2D eigenvalue weighted by Gasteiger charge is -2.08. The summed E-state index contributed by atoms with van der Waals surface area (Å²) in [6.07, 6.45) is 3.21. The van der Waals surface area contributed by atoms with Crippen molar-refractivity contribution in [3.8, 4) is 6.07 Å². The third-order valence-corrected chi connectivity index (χ3v) is 3.20. The van der Waals surface area contributed by atoms with Crippen LogP contribution < -0.4 is 5.32 Å². The highest BCUT2D eigenvalue weighted by atomic mass is 32.1. The van der Waals surface area contributed by atoms with Gasteiger partial charge in [-0.05, 0) is 12.1 Å². The summed E-state index contributed by atoms with van der Waals surface area (Å²) in [5.74, 6) is -2.56. The Balaban J connectivity index is 2.17. The Labute approximate surface area is 113 Å². The lowest BCUT2D eigenvalue weighted by atomic mass is 10.0. The molecule has 0 saturated heterocycles. The highest BCUT2D eigenvalue weighted by molar-refractivity contribution is 7.13. The third kappa shape index (κ3) is 2.69. The van der Waals surface area contributed by atoms with Crippen LogP contribution in [0.5, 0.6) is 0 Å². The Hall–Kier alpha value is -2.46. The van der Waals surface area contributed by atoms with E-state index in [1.165, 1.54) is 17.5 Å². The van der Waals surface area contributed by atoms with Gasteiger partial charge in [0.25, 0.3) is 5.91 Å². The van der Waals surface area contributed by atoms with Crippen LogP contribution in [-0.2, 0) is 11.8 Å². The molecule has 1 N–H and O–H groups in total. The minimum absolute atomic E-state index is 0.320. The number of anilines is 1. The van der Waals surface area contributed by atoms with Crippen molar-refractivity contribution in [3.05, 3.63) is 35.6 Å². The number of nitrogens with zero attached hydrogens (tertiary/aromatic N) is 3. The van der Waals surface area contributed by atoms with E-state index in [1.807, 2.05) is 0 Å². The molecule has 2 heterocycles. The molecule has 2 aromatic heterocycles. The molecule has 2 rings (SSSR count). The zero-order valence-corrected chi connectivity index (χ0v) is 10.8. The topological polar surface area (TPSA) is 87.8 Å². The van der Waals surface area contributed by atoms with Gasteiger partial charge < -0.3 is 9.88 Å². The second-order valence-corrected chi connectivity index (χ2v) is 4.65. The van der Waals surface area contributed by atoms with E-state index in [1.54, 1.807) is 41.4 Å². The van der Waals surface area contributed by atoms with Crippen molar-refractivity contribution in [2.24, 2.45) is 13.0 Å². The van der Waals surface area contributed by atoms with E-state index in [-0.39, 0.29) is 0 Å². The number of aromatic nitrogens is 2. The molecule has 1 atom stereocenters. The number of nitriles is 1. The zero-order chi connectivity index (χ0) is 13.8. The molecule has 0 fully saturated rings. The van der Waals surface area contributed by atoms with Crippen LogP contribution in [0.2, 0.25) is 0 Å². The average molecular weight is 274 g/mol. The van der Waals surface area contributed by atoms with E-state index in [4.69, 9.17) is 5.26 Å². The Morgan fingerprint density at radius 3 is 2.89 bits per heavy atom. The van der Waals surface area contributed by atoms with Crippen molar-refractivity contribution in [1.29, 1.82) is 5.26 Å². The molecule has 7 heteroatoms. The summed E-state index contributed by atoms with van der Waals surface area (Å²) in [4.78, 5) is 27.9. The fraction of sp³-hybridized carbons (Fsp3) is 0.167. The van der Waals surface area contributed by atoms with Crippen LogP contribution in [0.1, 0.15) is 10.5 Å². The molecule has 6 nitrogen and oxygen atoms in total. The van der Waals surface area contributed by atoms with E-state index in [0.29, 0.717) is 10.8 Å². The van der Waals surface area contributed by atoms with Gasteiger partial charge in [0.2, 0.25) is 5.78 Å². The molecule has 19 heavy (non-hydrogen) atoms. The largest absolute Gasteiger partial charge is 0.348 e. The van der Waals surface area contributed by atoms with Crippen LogP contribution in [0.25, 0.3) is 0 Å². The van der Waals surface area contributed by atoms with Gasteiger partial charge in [0.15, 0.2) is 11.0 Å². The van der Waals surface area contributed by atoms with Gasteiger partial charge in [-0.3, -0.25) is 9.59 Å². The standard InChI is InChI=1S/C12H10N4O2S/c1-16-5-2-3-9(16)10(17)8(7-13)11(18)15-12-14-4-6-19-12/h2-6,8H,1H3,(H,14,15,18). The predicted molar refractivity (Wildman–Crippen MR) is 69.6 cm³/mol. The monoisotopic (exact) mass is 274 g/mol. The number of carbonyl (C=O) groups is 2. The van der Waals surface area contributed by atoms with E-state index < -0.39 is 17.6 Å². The highest BCUT2D eigenvalue weighted by Gasteiger charge is 2.29. The Morgan fingerprint density at radius 2 is 2.37 bits per heavy atom. The maximum Gasteiger partial charge on any atom is 0.251 e. The van der Waals surface area contributed by atoms with Crippen molar-refractivity contribution in [1.82, 2.24) is 9.55 Å².